The molecule has 2 atom stereocenters. The van der Waals surface area contributed by atoms with Gasteiger partial charge in [-0.15, -0.1) is 0 Å². The van der Waals surface area contributed by atoms with Gasteiger partial charge in [0.05, 0.1) is 6.42 Å². The van der Waals surface area contributed by atoms with E-state index in [0.29, 0.717) is 0 Å². The third-order valence-corrected chi connectivity index (χ3v) is 2.46. The lowest BCUT2D eigenvalue weighted by Gasteiger charge is -2.04. The maximum absolute atomic E-state index is 11.5. The van der Waals surface area contributed by atoms with E-state index in [1.165, 1.54) is 0 Å². The summed E-state index contributed by atoms with van der Waals surface area (Å²) in [5.74, 6) is 0.141. The van der Waals surface area contributed by atoms with E-state index in [9.17, 15) is 9.90 Å². The fourth-order valence-electron chi connectivity index (χ4n) is 1.49. The van der Waals surface area contributed by atoms with Crippen molar-refractivity contribution >= 4 is 5.91 Å². The van der Waals surface area contributed by atoms with Crippen molar-refractivity contribution in [3.05, 3.63) is 29.8 Å². The van der Waals surface area contributed by atoms with Gasteiger partial charge in [-0.05, 0) is 24.1 Å². The van der Waals surface area contributed by atoms with Crippen molar-refractivity contribution in [2.75, 3.05) is 0 Å². The lowest BCUT2D eigenvalue weighted by Crippen LogP contribution is -2.30. The molecule has 1 saturated carbocycles. The predicted octanol–water partition coefficient (Wildman–Crippen LogP) is 0.150. The quantitative estimate of drug-likeness (QED) is 0.659. The summed E-state index contributed by atoms with van der Waals surface area (Å²) in [6.07, 6.45) is 1.16. The first-order valence-electron chi connectivity index (χ1n) is 4.98. The molecule has 1 aliphatic carbocycles. The topological polar surface area (TPSA) is 75.3 Å². The van der Waals surface area contributed by atoms with Gasteiger partial charge in [-0.25, -0.2) is 0 Å². The van der Waals surface area contributed by atoms with Gasteiger partial charge in [0, 0.05) is 12.1 Å². The molecule has 0 heterocycles. The number of carbonyl (C=O) groups excluding carboxylic acids is 1. The van der Waals surface area contributed by atoms with Crippen molar-refractivity contribution in [1.29, 1.82) is 0 Å². The van der Waals surface area contributed by atoms with Gasteiger partial charge in [0.15, 0.2) is 0 Å². The van der Waals surface area contributed by atoms with Crippen LogP contribution in [0, 0.1) is 0 Å². The van der Waals surface area contributed by atoms with Crippen molar-refractivity contribution in [2.45, 2.75) is 24.9 Å². The molecule has 0 aromatic heterocycles. The molecular formula is C11H14N2O2. The average Bonchev–Trinajstić information content (AvgIpc) is 2.81. The number of benzene rings is 1. The number of nitrogens with one attached hydrogen (secondary N) is 1. The Hall–Kier alpha value is -1.55. The summed E-state index contributed by atoms with van der Waals surface area (Å²) in [4.78, 5) is 11.5. The minimum Gasteiger partial charge on any atom is -0.508 e. The molecule has 0 saturated heterocycles. The highest BCUT2D eigenvalue weighted by molar-refractivity contribution is 5.79. The van der Waals surface area contributed by atoms with Gasteiger partial charge in [-0.3, -0.25) is 4.79 Å². The number of nitrogens with two attached hydrogens (primary N) is 1. The van der Waals surface area contributed by atoms with Gasteiger partial charge in [-0.2, -0.15) is 0 Å². The Labute approximate surface area is 88.1 Å². The zero-order valence-electron chi connectivity index (χ0n) is 8.31. The molecule has 4 nitrogen and oxygen atoms in total. The fraction of sp³-hybridized carbons (Fsp3) is 0.364. The Balaban J connectivity index is 1.88. The Kier molecular flexibility index (Phi) is 2.60. The summed E-state index contributed by atoms with van der Waals surface area (Å²) in [6, 6.07) is 6.98. The number of amides is 1. The van der Waals surface area contributed by atoms with Crippen LogP contribution in [0.25, 0.3) is 0 Å². The SMILES string of the molecule is NC1CC1NC(=O)Cc1cccc(O)c1. The van der Waals surface area contributed by atoms with E-state index in [-0.39, 0.29) is 30.2 Å². The maximum atomic E-state index is 11.5. The number of hydrogen-bond acceptors (Lipinski definition) is 3. The summed E-state index contributed by atoms with van der Waals surface area (Å²) < 4.78 is 0. The van der Waals surface area contributed by atoms with Crippen LogP contribution in [0.5, 0.6) is 5.75 Å². The third kappa shape index (κ3) is 2.70. The van der Waals surface area contributed by atoms with Crippen LogP contribution >= 0.6 is 0 Å². The number of phenols is 1. The van der Waals surface area contributed by atoms with Crippen LogP contribution < -0.4 is 11.1 Å². The van der Waals surface area contributed by atoms with E-state index in [1.807, 2.05) is 6.07 Å². The number of carbonyl (C=O) groups is 1. The van der Waals surface area contributed by atoms with E-state index in [4.69, 9.17) is 5.73 Å². The molecule has 1 aromatic carbocycles. The number of hydrogen-bond donors (Lipinski definition) is 3. The van der Waals surface area contributed by atoms with Gasteiger partial charge in [-0.1, -0.05) is 12.1 Å². The molecule has 2 unspecified atom stereocenters. The highest BCUT2D eigenvalue weighted by Gasteiger charge is 2.34. The molecule has 1 fully saturated rings. The first kappa shape index (κ1) is 9.98. The molecule has 15 heavy (non-hydrogen) atoms. The normalized spacial score (nSPS) is 23.5. The first-order chi connectivity index (χ1) is 7.15. The molecule has 1 aromatic rings. The van der Waals surface area contributed by atoms with Gasteiger partial charge < -0.3 is 16.2 Å². The minimum atomic E-state index is -0.0430. The van der Waals surface area contributed by atoms with Crippen molar-refractivity contribution in [2.24, 2.45) is 5.73 Å². The van der Waals surface area contributed by atoms with Crippen molar-refractivity contribution in [3.8, 4) is 5.75 Å². The van der Waals surface area contributed by atoms with Crippen LogP contribution in [0.2, 0.25) is 0 Å². The molecule has 0 aliphatic heterocycles. The summed E-state index contributed by atoms with van der Waals surface area (Å²) >= 11 is 0. The van der Waals surface area contributed by atoms with Crippen molar-refractivity contribution in [3.63, 3.8) is 0 Å². The molecule has 0 radical (unpaired) electrons. The van der Waals surface area contributed by atoms with E-state index in [1.54, 1.807) is 18.2 Å². The number of aromatic hydroxyl groups is 1. The van der Waals surface area contributed by atoms with Crippen LogP contribution in [0.3, 0.4) is 0 Å². The molecule has 4 heteroatoms. The van der Waals surface area contributed by atoms with Gasteiger partial charge >= 0.3 is 0 Å². The highest BCUT2D eigenvalue weighted by atomic mass is 16.3. The number of rotatable bonds is 3. The second-order valence-electron chi connectivity index (χ2n) is 3.92. The van der Waals surface area contributed by atoms with Gasteiger partial charge in [0.2, 0.25) is 5.91 Å². The molecule has 4 N–H and O–H groups in total. The summed E-state index contributed by atoms with van der Waals surface area (Å²) in [5.41, 5.74) is 6.38. The zero-order valence-corrected chi connectivity index (χ0v) is 8.31. The highest BCUT2D eigenvalue weighted by Crippen LogP contribution is 2.18. The Bertz CT molecular complexity index is 379. The van der Waals surface area contributed by atoms with Crippen molar-refractivity contribution in [1.82, 2.24) is 5.32 Å². The van der Waals surface area contributed by atoms with Crippen LogP contribution in [0.15, 0.2) is 24.3 Å². The van der Waals surface area contributed by atoms with Crippen LogP contribution in [-0.4, -0.2) is 23.1 Å². The van der Waals surface area contributed by atoms with E-state index >= 15 is 0 Å². The summed E-state index contributed by atoms with van der Waals surface area (Å²) in [7, 11) is 0. The Morgan fingerprint density at radius 2 is 2.33 bits per heavy atom. The maximum Gasteiger partial charge on any atom is 0.224 e. The monoisotopic (exact) mass is 206 g/mol. The average molecular weight is 206 g/mol. The molecule has 2 rings (SSSR count). The van der Waals surface area contributed by atoms with Crippen LogP contribution in [-0.2, 0) is 11.2 Å². The smallest absolute Gasteiger partial charge is 0.224 e. The molecule has 80 valence electrons. The minimum absolute atomic E-state index is 0.0430. The zero-order chi connectivity index (χ0) is 10.8. The van der Waals surface area contributed by atoms with Crippen LogP contribution in [0.1, 0.15) is 12.0 Å². The summed E-state index contributed by atoms with van der Waals surface area (Å²) in [5, 5.41) is 12.0. The van der Waals surface area contributed by atoms with E-state index < -0.39 is 0 Å². The second kappa shape index (κ2) is 3.90. The third-order valence-electron chi connectivity index (χ3n) is 2.46. The molecule has 0 spiro atoms. The van der Waals surface area contributed by atoms with E-state index in [2.05, 4.69) is 5.32 Å². The van der Waals surface area contributed by atoms with Gasteiger partial charge in [0.1, 0.15) is 5.75 Å². The summed E-state index contributed by atoms with van der Waals surface area (Å²) in [6.45, 7) is 0. The molecule has 0 bridgehead atoms. The predicted molar refractivity (Wildman–Crippen MR) is 56.3 cm³/mol. The van der Waals surface area contributed by atoms with Gasteiger partial charge in [0.25, 0.3) is 0 Å². The largest absolute Gasteiger partial charge is 0.508 e. The lowest BCUT2D eigenvalue weighted by atomic mass is 10.1. The Morgan fingerprint density at radius 3 is 2.93 bits per heavy atom. The fourth-order valence-corrected chi connectivity index (χ4v) is 1.49. The first-order valence-corrected chi connectivity index (χ1v) is 4.98. The standard InChI is InChI=1S/C11H14N2O2/c12-9-6-10(9)13-11(15)5-7-2-1-3-8(14)4-7/h1-4,9-10,14H,5-6,12H2,(H,13,15). The Morgan fingerprint density at radius 1 is 1.60 bits per heavy atom. The lowest BCUT2D eigenvalue weighted by molar-refractivity contribution is -0.120. The molecular weight excluding hydrogens is 192 g/mol. The van der Waals surface area contributed by atoms with Crippen molar-refractivity contribution < 1.29 is 9.90 Å². The molecule has 1 amide bonds. The molecule has 1 aliphatic rings. The second-order valence-corrected chi connectivity index (χ2v) is 3.92. The van der Waals surface area contributed by atoms with E-state index in [0.717, 1.165) is 12.0 Å². The number of phenolic OH excluding ortho intramolecular Hbond substituents is 1. The van der Waals surface area contributed by atoms with Crippen LogP contribution in [0.4, 0.5) is 0 Å².